The maximum absolute atomic E-state index is 13.2. The molecule has 4 rings (SSSR count). The lowest BCUT2D eigenvalue weighted by molar-refractivity contribution is -0.140. The number of aliphatic hydroxyl groups is 1. The molecule has 35 heavy (non-hydrogen) atoms. The van der Waals surface area contributed by atoms with Gasteiger partial charge in [-0.25, -0.2) is 0 Å². The summed E-state index contributed by atoms with van der Waals surface area (Å²) in [4.78, 5) is 27.7. The van der Waals surface area contributed by atoms with Gasteiger partial charge in [0.15, 0.2) is 11.5 Å². The first-order valence-corrected chi connectivity index (χ1v) is 11.8. The van der Waals surface area contributed by atoms with Gasteiger partial charge in [0.25, 0.3) is 11.7 Å². The van der Waals surface area contributed by atoms with E-state index in [-0.39, 0.29) is 17.9 Å². The van der Waals surface area contributed by atoms with E-state index in [4.69, 9.17) is 25.5 Å². The van der Waals surface area contributed by atoms with E-state index in [0.29, 0.717) is 46.6 Å². The lowest BCUT2D eigenvalue weighted by Crippen LogP contribution is -2.29. The van der Waals surface area contributed by atoms with Crippen molar-refractivity contribution in [1.82, 2.24) is 4.90 Å². The van der Waals surface area contributed by atoms with Crippen LogP contribution in [0.4, 0.5) is 0 Å². The molecule has 1 aliphatic heterocycles. The highest BCUT2D eigenvalue weighted by atomic mass is 35.5. The third-order valence-corrected chi connectivity index (χ3v) is 5.86. The molecule has 0 aliphatic carbocycles. The highest BCUT2D eigenvalue weighted by Gasteiger charge is 2.46. The lowest BCUT2D eigenvalue weighted by atomic mass is 9.95. The first-order valence-electron chi connectivity index (χ1n) is 11.4. The Hall–Kier alpha value is -3.71. The molecule has 1 aliphatic rings. The predicted molar refractivity (Wildman–Crippen MR) is 131 cm³/mol. The Morgan fingerprint density at radius 1 is 1.06 bits per heavy atom. The SMILES string of the molecule is CCCOc1ccc(C2C(=C(O)c3ccc(Cl)cc3)C(=O)C(=O)N2Cc2ccco2)cc1OCC. The van der Waals surface area contributed by atoms with Gasteiger partial charge in [0.05, 0.1) is 37.6 Å². The number of ketones is 1. The van der Waals surface area contributed by atoms with Crippen LogP contribution >= 0.6 is 11.6 Å². The molecule has 1 amide bonds. The molecule has 0 saturated carbocycles. The number of rotatable bonds is 9. The van der Waals surface area contributed by atoms with E-state index < -0.39 is 17.7 Å². The molecule has 1 unspecified atom stereocenters. The van der Waals surface area contributed by atoms with Crippen LogP contribution in [0.1, 0.15) is 43.2 Å². The average Bonchev–Trinajstić information content (AvgIpc) is 3.46. The minimum atomic E-state index is -0.866. The number of aliphatic hydroxyl groups excluding tert-OH is 1. The summed E-state index contributed by atoms with van der Waals surface area (Å²) in [7, 11) is 0. The van der Waals surface area contributed by atoms with Gasteiger partial charge in [-0.05, 0) is 67.4 Å². The molecular formula is C27H26ClNO6. The first-order chi connectivity index (χ1) is 16.9. The maximum atomic E-state index is 13.2. The van der Waals surface area contributed by atoms with Gasteiger partial charge in [0, 0.05) is 10.6 Å². The number of carbonyl (C=O) groups is 2. The molecule has 2 aromatic carbocycles. The van der Waals surface area contributed by atoms with Crippen molar-refractivity contribution in [3.05, 3.63) is 88.3 Å². The fourth-order valence-electron chi connectivity index (χ4n) is 4.02. The molecule has 1 fully saturated rings. The number of likely N-dealkylation sites (tertiary alicyclic amines) is 1. The van der Waals surface area contributed by atoms with Crippen molar-refractivity contribution in [2.24, 2.45) is 0 Å². The molecule has 1 aromatic heterocycles. The van der Waals surface area contributed by atoms with Crippen molar-refractivity contribution in [3.63, 3.8) is 0 Å². The molecule has 0 radical (unpaired) electrons. The van der Waals surface area contributed by atoms with Crippen molar-refractivity contribution >= 4 is 29.1 Å². The van der Waals surface area contributed by atoms with Crippen LogP contribution in [0.2, 0.25) is 5.02 Å². The second kappa shape index (κ2) is 10.7. The number of amides is 1. The minimum Gasteiger partial charge on any atom is -0.507 e. The summed E-state index contributed by atoms with van der Waals surface area (Å²) in [6.45, 7) is 4.85. The van der Waals surface area contributed by atoms with E-state index >= 15 is 0 Å². The molecule has 2 heterocycles. The Kier molecular flexibility index (Phi) is 7.46. The highest BCUT2D eigenvalue weighted by Crippen LogP contribution is 2.43. The minimum absolute atomic E-state index is 0.0199. The zero-order valence-electron chi connectivity index (χ0n) is 19.5. The number of hydrogen-bond acceptors (Lipinski definition) is 6. The normalized spacial score (nSPS) is 17.1. The van der Waals surface area contributed by atoms with Crippen molar-refractivity contribution in [3.8, 4) is 11.5 Å². The third kappa shape index (κ3) is 5.05. The van der Waals surface area contributed by atoms with E-state index in [1.54, 1.807) is 54.6 Å². The van der Waals surface area contributed by atoms with Gasteiger partial charge in [-0.1, -0.05) is 24.6 Å². The summed E-state index contributed by atoms with van der Waals surface area (Å²) in [5, 5.41) is 11.7. The zero-order chi connectivity index (χ0) is 24.9. The number of ether oxygens (including phenoxy) is 2. The highest BCUT2D eigenvalue weighted by molar-refractivity contribution is 6.46. The number of carbonyl (C=O) groups excluding carboxylic acids is 2. The molecule has 1 atom stereocenters. The average molecular weight is 496 g/mol. The molecule has 0 spiro atoms. The van der Waals surface area contributed by atoms with Gasteiger partial charge in [-0.3, -0.25) is 9.59 Å². The Bertz CT molecular complexity index is 1230. The van der Waals surface area contributed by atoms with Crippen molar-refractivity contribution in [2.75, 3.05) is 13.2 Å². The smallest absolute Gasteiger partial charge is 0.296 e. The Labute approximate surface area is 208 Å². The van der Waals surface area contributed by atoms with Crippen LogP contribution in [0, 0.1) is 0 Å². The monoisotopic (exact) mass is 495 g/mol. The fraction of sp³-hybridized carbons (Fsp3) is 0.259. The molecule has 1 saturated heterocycles. The second-order valence-electron chi connectivity index (χ2n) is 8.00. The lowest BCUT2D eigenvalue weighted by Gasteiger charge is -2.25. The van der Waals surface area contributed by atoms with Crippen LogP contribution in [0.25, 0.3) is 5.76 Å². The number of Topliss-reactive ketones (excluding diaryl/α,β-unsaturated/α-hetero) is 1. The van der Waals surface area contributed by atoms with E-state index in [1.165, 1.54) is 11.2 Å². The van der Waals surface area contributed by atoms with Crippen LogP contribution in [0.3, 0.4) is 0 Å². The molecule has 7 nitrogen and oxygen atoms in total. The number of benzene rings is 2. The molecule has 182 valence electrons. The summed E-state index contributed by atoms with van der Waals surface area (Å²) >= 11 is 5.99. The van der Waals surface area contributed by atoms with Gasteiger partial charge >= 0.3 is 0 Å². The van der Waals surface area contributed by atoms with Crippen LogP contribution in [-0.2, 0) is 16.1 Å². The fourth-order valence-corrected chi connectivity index (χ4v) is 4.14. The molecule has 1 N–H and O–H groups in total. The zero-order valence-corrected chi connectivity index (χ0v) is 20.2. The van der Waals surface area contributed by atoms with Crippen molar-refractivity contribution in [2.45, 2.75) is 32.9 Å². The van der Waals surface area contributed by atoms with E-state index in [9.17, 15) is 14.7 Å². The Balaban J connectivity index is 1.85. The van der Waals surface area contributed by atoms with Crippen LogP contribution in [0.5, 0.6) is 11.5 Å². The van der Waals surface area contributed by atoms with E-state index in [1.807, 2.05) is 13.8 Å². The number of nitrogens with zero attached hydrogens (tertiary/aromatic N) is 1. The molecular weight excluding hydrogens is 470 g/mol. The van der Waals surface area contributed by atoms with Gasteiger partial charge in [0.2, 0.25) is 0 Å². The van der Waals surface area contributed by atoms with Crippen LogP contribution in [-0.4, -0.2) is 34.9 Å². The van der Waals surface area contributed by atoms with Crippen molar-refractivity contribution < 1.29 is 28.6 Å². The van der Waals surface area contributed by atoms with Gasteiger partial charge in [0.1, 0.15) is 11.5 Å². The summed E-state index contributed by atoms with van der Waals surface area (Å²) in [5.41, 5.74) is 0.954. The summed E-state index contributed by atoms with van der Waals surface area (Å²) in [5.74, 6) is -0.219. The van der Waals surface area contributed by atoms with Crippen molar-refractivity contribution in [1.29, 1.82) is 0 Å². The van der Waals surface area contributed by atoms with Crippen LogP contribution in [0.15, 0.2) is 70.9 Å². The van der Waals surface area contributed by atoms with Gasteiger partial charge < -0.3 is 23.9 Å². The van der Waals surface area contributed by atoms with E-state index in [2.05, 4.69) is 0 Å². The van der Waals surface area contributed by atoms with Gasteiger partial charge in [-0.15, -0.1) is 0 Å². The Morgan fingerprint density at radius 2 is 1.83 bits per heavy atom. The maximum Gasteiger partial charge on any atom is 0.296 e. The molecule has 0 bridgehead atoms. The standard InChI is InChI=1S/C27H26ClNO6/c1-3-13-35-21-12-9-18(15-22(21)33-4-2)24-23(25(30)17-7-10-19(28)11-8-17)26(31)27(32)29(24)16-20-6-5-14-34-20/h5-12,14-15,24,30H,3-4,13,16H2,1-2H3. The second-order valence-corrected chi connectivity index (χ2v) is 8.44. The summed E-state index contributed by atoms with van der Waals surface area (Å²) < 4.78 is 17.0. The third-order valence-electron chi connectivity index (χ3n) is 5.61. The molecule has 8 heteroatoms. The van der Waals surface area contributed by atoms with Gasteiger partial charge in [-0.2, -0.15) is 0 Å². The quantitative estimate of drug-likeness (QED) is 0.231. The Morgan fingerprint density at radius 3 is 2.49 bits per heavy atom. The summed E-state index contributed by atoms with van der Waals surface area (Å²) in [6, 6.07) is 14.3. The number of hydrogen-bond donors (Lipinski definition) is 1. The van der Waals surface area contributed by atoms with Crippen LogP contribution < -0.4 is 9.47 Å². The predicted octanol–water partition coefficient (Wildman–Crippen LogP) is 5.74. The molecule has 3 aromatic rings. The topological polar surface area (TPSA) is 89.2 Å². The first kappa shape index (κ1) is 24.4. The summed E-state index contributed by atoms with van der Waals surface area (Å²) in [6.07, 6.45) is 2.33. The number of furan rings is 1. The largest absolute Gasteiger partial charge is 0.507 e. The number of halogens is 1. The van der Waals surface area contributed by atoms with E-state index in [0.717, 1.165) is 6.42 Å².